The molecule has 0 saturated heterocycles. The van der Waals surface area contributed by atoms with E-state index in [1.165, 1.54) is 0 Å². The van der Waals surface area contributed by atoms with E-state index >= 15 is 0 Å². The Hall–Kier alpha value is -3.07. The van der Waals surface area contributed by atoms with Crippen LogP contribution in [0.1, 0.15) is 44.1 Å². The Bertz CT molecular complexity index is 1250. The Morgan fingerprint density at radius 3 is 2.48 bits per heavy atom. The van der Waals surface area contributed by atoms with Crippen molar-refractivity contribution < 1.29 is 14.6 Å². The summed E-state index contributed by atoms with van der Waals surface area (Å²) < 4.78 is 14.4. The first kappa shape index (κ1) is 18.7. The summed E-state index contributed by atoms with van der Waals surface area (Å²) in [4.78, 5) is 22.5. The number of nitrogens with zero attached hydrogens (tertiary/aromatic N) is 4. The van der Waals surface area contributed by atoms with Gasteiger partial charge in [0.15, 0.2) is 17.1 Å². The van der Waals surface area contributed by atoms with Crippen LogP contribution < -0.4 is 20.5 Å². The molecule has 0 amide bonds. The number of anilines is 2. The number of imidazole rings is 1. The van der Waals surface area contributed by atoms with E-state index in [0.29, 0.717) is 22.9 Å². The van der Waals surface area contributed by atoms with Crippen LogP contribution in [0.25, 0.3) is 11.2 Å². The van der Waals surface area contributed by atoms with Crippen molar-refractivity contribution in [2.75, 3.05) is 12.1 Å². The molecule has 0 unspecified atom stereocenters. The van der Waals surface area contributed by atoms with Gasteiger partial charge in [-0.15, -0.1) is 0 Å². The van der Waals surface area contributed by atoms with E-state index in [4.69, 9.17) is 14.5 Å². The standard InChI is InChI=1S/C22H25N5O4/c1-13-9-16-17(31-12-30-16)10-14(13)24-19-23-11-15-18(25-19)27(20(28)26(15)2)21-3-6-22(29,7-4-21)8-5-21/h9-11,29H,3-8,12H2,1-2H3,(H,23,24,25). The minimum absolute atomic E-state index is 0.0759. The number of fused-ring (bicyclic) bond motifs is 5. The summed E-state index contributed by atoms with van der Waals surface area (Å²) in [6.45, 7) is 2.19. The van der Waals surface area contributed by atoms with Crippen molar-refractivity contribution in [3.63, 3.8) is 0 Å². The second-order valence-electron chi connectivity index (χ2n) is 9.17. The first-order chi connectivity index (χ1) is 14.9. The second-order valence-corrected chi connectivity index (χ2v) is 9.17. The summed E-state index contributed by atoms with van der Waals surface area (Å²) in [7, 11) is 1.76. The molecule has 2 N–H and O–H groups in total. The quantitative estimate of drug-likeness (QED) is 0.668. The summed E-state index contributed by atoms with van der Waals surface area (Å²) in [5, 5.41) is 13.9. The molecule has 9 nitrogen and oxygen atoms in total. The third-order valence-electron chi connectivity index (χ3n) is 7.41. The van der Waals surface area contributed by atoms with Crippen molar-refractivity contribution in [2.24, 2.45) is 7.05 Å². The molecule has 0 spiro atoms. The normalized spacial score (nSPS) is 26.5. The molecule has 3 aliphatic carbocycles. The molecule has 3 fully saturated rings. The number of hydrogen-bond donors (Lipinski definition) is 2. The van der Waals surface area contributed by atoms with E-state index in [1.807, 2.05) is 23.6 Å². The molecule has 3 aromatic rings. The molecule has 0 atom stereocenters. The molecular weight excluding hydrogens is 398 g/mol. The molecule has 4 aliphatic rings. The van der Waals surface area contributed by atoms with Gasteiger partial charge in [0.2, 0.25) is 12.7 Å². The molecule has 162 valence electrons. The van der Waals surface area contributed by atoms with E-state index < -0.39 is 5.60 Å². The average Bonchev–Trinajstić information content (AvgIpc) is 3.31. The van der Waals surface area contributed by atoms with Gasteiger partial charge in [-0.2, -0.15) is 4.98 Å². The number of benzene rings is 1. The smallest absolute Gasteiger partial charge is 0.330 e. The van der Waals surface area contributed by atoms with Gasteiger partial charge in [0, 0.05) is 18.8 Å². The van der Waals surface area contributed by atoms with E-state index in [1.54, 1.807) is 17.8 Å². The van der Waals surface area contributed by atoms with Crippen molar-refractivity contribution in [1.29, 1.82) is 0 Å². The van der Waals surface area contributed by atoms with Gasteiger partial charge in [0.25, 0.3) is 0 Å². The number of aryl methyl sites for hydroxylation is 2. The fourth-order valence-corrected chi connectivity index (χ4v) is 5.38. The SMILES string of the molecule is Cc1cc2c(cc1Nc1ncc3c(n1)n(C14CCC(O)(CC1)CC4)c(=O)n3C)OCO2. The van der Waals surface area contributed by atoms with Gasteiger partial charge in [0.05, 0.1) is 17.3 Å². The first-order valence-corrected chi connectivity index (χ1v) is 10.7. The monoisotopic (exact) mass is 423 g/mol. The minimum atomic E-state index is -0.561. The Balaban J connectivity index is 1.43. The highest BCUT2D eigenvalue weighted by atomic mass is 16.7. The van der Waals surface area contributed by atoms with E-state index in [2.05, 4.69) is 10.3 Å². The fraction of sp³-hybridized carbons (Fsp3) is 0.500. The summed E-state index contributed by atoms with van der Waals surface area (Å²) in [5.41, 5.74) is 2.22. The summed E-state index contributed by atoms with van der Waals surface area (Å²) in [6.07, 6.45) is 6.24. The Kier molecular flexibility index (Phi) is 3.75. The maximum absolute atomic E-state index is 13.2. The maximum Gasteiger partial charge on any atom is 0.330 e. The van der Waals surface area contributed by atoms with E-state index in [-0.39, 0.29) is 18.0 Å². The van der Waals surface area contributed by atoms with Crippen molar-refractivity contribution in [3.8, 4) is 11.5 Å². The predicted molar refractivity (Wildman–Crippen MR) is 114 cm³/mol. The zero-order valence-corrected chi connectivity index (χ0v) is 17.6. The third-order valence-corrected chi connectivity index (χ3v) is 7.41. The molecule has 3 heterocycles. The highest BCUT2D eigenvalue weighted by molar-refractivity contribution is 5.74. The lowest BCUT2D eigenvalue weighted by Crippen LogP contribution is -2.53. The summed E-state index contributed by atoms with van der Waals surface area (Å²) in [5.74, 6) is 1.83. The van der Waals surface area contributed by atoms with Crippen LogP contribution >= 0.6 is 0 Å². The number of rotatable bonds is 3. The van der Waals surface area contributed by atoms with Gasteiger partial charge in [-0.1, -0.05) is 0 Å². The van der Waals surface area contributed by atoms with E-state index in [0.717, 1.165) is 55.5 Å². The molecule has 7 rings (SSSR count). The van der Waals surface area contributed by atoms with Crippen LogP contribution in [0.15, 0.2) is 23.1 Å². The largest absolute Gasteiger partial charge is 0.454 e. The number of aromatic nitrogens is 4. The predicted octanol–water partition coefficient (Wildman–Crippen LogP) is 2.70. The van der Waals surface area contributed by atoms with Gasteiger partial charge in [-0.05, 0) is 57.1 Å². The van der Waals surface area contributed by atoms with Gasteiger partial charge in [-0.25, -0.2) is 9.78 Å². The lowest BCUT2D eigenvalue weighted by atomic mass is 9.63. The molecule has 1 aromatic carbocycles. The first-order valence-electron chi connectivity index (χ1n) is 10.7. The van der Waals surface area contributed by atoms with E-state index in [9.17, 15) is 9.90 Å². The highest BCUT2D eigenvalue weighted by Crippen LogP contribution is 2.51. The molecule has 9 heteroatoms. The Labute approximate surface area is 178 Å². The third kappa shape index (κ3) is 2.69. The summed E-state index contributed by atoms with van der Waals surface area (Å²) in [6, 6.07) is 3.80. The molecule has 0 radical (unpaired) electrons. The number of nitrogens with one attached hydrogen (secondary N) is 1. The fourth-order valence-electron chi connectivity index (χ4n) is 5.38. The van der Waals surface area contributed by atoms with Crippen molar-refractivity contribution in [1.82, 2.24) is 19.1 Å². The van der Waals surface area contributed by atoms with Crippen LogP contribution in [-0.4, -0.2) is 36.6 Å². The van der Waals surface area contributed by atoms with Crippen LogP contribution in [0.2, 0.25) is 0 Å². The van der Waals surface area contributed by atoms with Gasteiger partial charge < -0.3 is 19.9 Å². The average molecular weight is 423 g/mol. The van der Waals surface area contributed by atoms with Crippen molar-refractivity contribution >= 4 is 22.8 Å². The molecule has 1 aliphatic heterocycles. The van der Waals surface area contributed by atoms with Crippen molar-refractivity contribution in [3.05, 3.63) is 34.4 Å². The van der Waals surface area contributed by atoms with Gasteiger partial charge in [0.1, 0.15) is 5.52 Å². The van der Waals surface area contributed by atoms with Crippen LogP contribution in [0.4, 0.5) is 11.6 Å². The Morgan fingerprint density at radius 1 is 1.10 bits per heavy atom. The molecule has 2 bridgehead atoms. The topological polar surface area (TPSA) is 103 Å². The lowest BCUT2D eigenvalue weighted by Gasteiger charge is -2.51. The number of aliphatic hydroxyl groups is 1. The molecular formula is C22H25N5O4. The Morgan fingerprint density at radius 2 is 1.77 bits per heavy atom. The van der Waals surface area contributed by atoms with Gasteiger partial charge in [-0.3, -0.25) is 9.13 Å². The number of ether oxygens (including phenoxy) is 2. The highest BCUT2D eigenvalue weighted by Gasteiger charge is 2.50. The minimum Gasteiger partial charge on any atom is -0.454 e. The molecule has 3 saturated carbocycles. The second kappa shape index (κ2) is 6.23. The summed E-state index contributed by atoms with van der Waals surface area (Å²) >= 11 is 0. The van der Waals surface area contributed by atoms with Crippen LogP contribution in [-0.2, 0) is 12.6 Å². The maximum atomic E-state index is 13.2. The zero-order valence-electron chi connectivity index (χ0n) is 17.6. The lowest BCUT2D eigenvalue weighted by molar-refractivity contribution is -0.0856. The zero-order chi connectivity index (χ0) is 21.4. The van der Waals surface area contributed by atoms with Crippen LogP contribution in [0.3, 0.4) is 0 Å². The molecule has 2 aromatic heterocycles. The van der Waals surface area contributed by atoms with Gasteiger partial charge >= 0.3 is 5.69 Å². The molecule has 31 heavy (non-hydrogen) atoms. The van der Waals surface area contributed by atoms with Crippen LogP contribution in [0.5, 0.6) is 11.5 Å². The van der Waals surface area contributed by atoms with Crippen molar-refractivity contribution in [2.45, 2.75) is 56.6 Å². The van der Waals surface area contributed by atoms with Crippen LogP contribution in [0, 0.1) is 6.92 Å². The number of hydrogen-bond acceptors (Lipinski definition) is 7.